The molecule has 0 spiro atoms. The van der Waals surface area contributed by atoms with Gasteiger partial charge in [-0.05, 0) is 22.8 Å². The first-order valence-corrected chi connectivity index (χ1v) is 6.75. The number of aliphatic hydroxyl groups is 1. The van der Waals surface area contributed by atoms with Crippen LogP contribution in [-0.2, 0) is 17.0 Å². The Morgan fingerprint density at radius 3 is 2.41 bits per heavy atom. The number of hydrogen-bond acceptors (Lipinski definition) is 3. The van der Waals surface area contributed by atoms with Crippen LogP contribution >= 0.6 is 11.8 Å². The maximum Gasteiger partial charge on any atom is 0.307 e. The third kappa shape index (κ3) is 5.75. The lowest BCUT2D eigenvalue weighted by atomic mass is 10.1. The van der Waals surface area contributed by atoms with Gasteiger partial charge in [-0.15, -0.1) is 0 Å². The molecule has 1 aromatic carbocycles. The van der Waals surface area contributed by atoms with Gasteiger partial charge in [-0.1, -0.05) is 31.2 Å². The largest absolute Gasteiger partial charge is 0.481 e. The van der Waals surface area contributed by atoms with Crippen LogP contribution in [0, 0.1) is 5.92 Å². The molecule has 0 radical (unpaired) electrons. The fraction of sp³-hybridized carbons (Fsp3) is 0.462. The first-order valence-electron chi connectivity index (χ1n) is 5.60. The molecule has 0 fully saturated rings. The molecular formula is C13H18O3S. The van der Waals surface area contributed by atoms with E-state index in [1.54, 1.807) is 11.8 Å². The summed E-state index contributed by atoms with van der Waals surface area (Å²) in [6.45, 7) is 2.24. The highest BCUT2D eigenvalue weighted by Gasteiger charge is 2.02. The van der Waals surface area contributed by atoms with Crippen LogP contribution in [0.15, 0.2) is 24.3 Å². The van der Waals surface area contributed by atoms with Crippen LogP contribution in [-0.4, -0.2) is 28.5 Å². The molecule has 0 aromatic heterocycles. The third-order valence-electron chi connectivity index (χ3n) is 2.36. The number of aliphatic carboxylic acids is 1. The molecule has 94 valence electrons. The Kier molecular flexibility index (Phi) is 6.08. The van der Waals surface area contributed by atoms with Crippen molar-refractivity contribution in [3.05, 3.63) is 35.4 Å². The summed E-state index contributed by atoms with van der Waals surface area (Å²) in [5, 5.41) is 17.5. The van der Waals surface area contributed by atoms with Gasteiger partial charge in [0.2, 0.25) is 0 Å². The van der Waals surface area contributed by atoms with Gasteiger partial charge in [-0.2, -0.15) is 11.8 Å². The summed E-state index contributed by atoms with van der Waals surface area (Å²) in [5.41, 5.74) is 2.02. The fourth-order valence-electron chi connectivity index (χ4n) is 1.36. The molecule has 0 amide bonds. The second kappa shape index (κ2) is 7.35. The van der Waals surface area contributed by atoms with E-state index in [1.807, 2.05) is 31.2 Å². The summed E-state index contributed by atoms with van der Waals surface area (Å²) in [6, 6.07) is 7.66. The summed E-state index contributed by atoms with van der Waals surface area (Å²) in [6.07, 6.45) is 0.0783. The molecular weight excluding hydrogens is 236 g/mol. The Balaban J connectivity index is 2.37. The van der Waals surface area contributed by atoms with Crippen LogP contribution in [0.3, 0.4) is 0 Å². The molecule has 1 rings (SSSR count). The van der Waals surface area contributed by atoms with E-state index in [0.29, 0.717) is 5.92 Å². The minimum atomic E-state index is -0.802. The van der Waals surface area contributed by atoms with Crippen LogP contribution in [0.1, 0.15) is 18.1 Å². The predicted octanol–water partition coefficient (Wildman–Crippen LogP) is 2.18. The lowest BCUT2D eigenvalue weighted by Crippen LogP contribution is -2.03. The van der Waals surface area contributed by atoms with E-state index in [2.05, 4.69) is 0 Å². The smallest absolute Gasteiger partial charge is 0.307 e. The standard InChI is InChI=1S/C13H18O3S/c1-10(7-14)8-17-9-12-4-2-11(3-5-12)6-13(15)16/h2-5,10,14H,6-9H2,1H3,(H,15,16). The van der Waals surface area contributed by atoms with Crippen molar-refractivity contribution in [1.29, 1.82) is 0 Å². The van der Waals surface area contributed by atoms with Crippen LogP contribution < -0.4 is 0 Å². The molecule has 0 saturated carbocycles. The van der Waals surface area contributed by atoms with E-state index in [-0.39, 0.29) is 13.0 Å². The van der Waals surface area contributed by atoms with Gasteiger partial charge in [0.25, 0.3) is 0 Å². The number of aliphatic hydroxyl groups excluding tert-OH is 1. The minimum Gasteiger partial charge on any atom is -0.481 e. The highest BCUT2D eigenvalue weighted by Crippen LogP contribution is 2.16. The van der Waals surface area contributed by atoms with E-state index in [0.717, 1.165) is 17.1 Å². The second-order valence-electron chi connectivity index (χ2n) is 4.19. The van der Waals surface area contributed by atoms with Gasteiger partial charge in [0.15, 0.2) is 0 Å². The van der Waals surface area contributed by atoms with Crippen molar-refractivity contribution in [2.24, 2.45) is 5.92 Å². The number of carboxylic acids is 1. The van der Waals surface area contributed by atoms with Crippen molar-refractivity contribution < 1.29 is 15.0 Å². The number of benzene rings is 1. The average molecular weight is 254 g/mol. The summed E-state index contributed by atoms with van der Waals surface area (Å²) >= 11 is 1.78. The zero-order chi connectivity index (χ0) is 12.7. The zero-order valence-corrected chi connectivity index (χ0v) is 10.7. The summed E-state index contributed by atoms with van der Waals surface area (Å²) < 4.78 is 0. The molecule has 1 aromatic rings. The zero-order valence-electron chi connectivity index (χ0n) is 9.93. The summed E-state index contributed by atoms with van der Waals surface area (Å²) in [5.74, 6) is 1.36. The highest BCUT2D eigenvalue weighted by molar-refractivity contribution is 7.98. The third-order valence-corrected chi connectivity index (χ3v) is 3.70. The molecule has 17 heavy (non-hydrogen) atoms. The average Bonchev–Trinajstić information content (AvgIpc) is 2.30. The first-order chi connectivity index (χ1) is 8.11. The quantitative estimate of drug-likeness (QED) is 0.783. The number of thioether (sulfide) groups is 1. The van der Waals surface area contributed by atoms with Crippen molar-refractivity contribution in [3.8, 4) is 0 Å². The second-order valence-corrected chi connectivity index (χ2v) is 5.22. The van der Waals surface area contributed by atoms with Crippen molar-refractivity contribution in [2.45, 2.75) is 19.1 Å². The van der Waals surface area contributed by atoms with Crippen molar-refractivity contribution >= 4 is 17.7 Å². The molecule has 4 heteroatoms. The van der Waals surface area contributed by atoms with E-state index < -0.39 is 5.97 Å². The van der Waals surface area contributed by atoms with Gasteiger partial charge in [-0.25, -0.2) is 0 Å². The maximum absolute atomic E-state index is 10.5. The molecule has 0 bridgehead atoms. The topological polar surface area (TPSA) is 57.5 Å². The summed E-state index contributed by atoms with van der Waals surface area (Å²) in [4.78, 5) is 10.5. The molecule has 3 nitrogen and oxygen atoms in total. The van der Waals surface area contributed by atoms with Gasteiger partial charge >= 0.3 is 5.97 Å². The normalized spacial score (nSPS) is 12.4. The van der Waals surface area contributed by atoms with Crippen molar-refractivity contribution in [3.63, 3.8) is 0 Å². The molecule has 0 aliphatic heterocycles. The number of carbonyl (C=O) groups is 1. The highest BCUT2D eigenvalue weighted by atomic mass is 32.2. The number of carboxylic acid groups (broad SMARTS) is 1. The Morgan fingerprint density at radius 1 is 1.29 bits per heavy atom. The molecule has 0 aliphatic rings. The van der Waals surface area contributed by atoms with Gasteiger partial charge in [0.1, 0.15) is 0 Å². The Bertz CT molecular complexity index is 348. The van der Waals surface area contributed by atoms with Gasteiger partial charge in [-0.3, -0.25) is 4.79 Å². The number of hydrogen-bond donors (Lipinski definition) is 2. The molecule has 0 heterocycles. The molecule has 1 atom stereocenters. The van der Waals surface area contributed by atoms with E-state index in [9.17, 15) is 4.79 Å². The van der Waals surface area contributed by atoms with Gasteiger partial charge in [0.05, 0.1) is 6.42 Å². The van der Waals surface area contributed by atoms with Crippen LogP contribution in [0.2, 0.25) is 0 Å². The molecule has 0 aliphatic carbocycles. The Labute approximate surface area is 106 Å². The van der Waals surface area contributed by atoms with Crippen LogP contribution in [0.25, 0.3) is 0 Å². The van der Waals surface area contributed by atoms with Crippen molar-refractivity contribution in [2.75, 3.05) is 12.4 Å². The monoisotopic (exact) mass is 254 g/mol. The summed E-state index contributed by atoms with van der Waals surface area (Å²) in [7, 11) is 0. The predicted molar refractivity (Wildman–Crippen MR) is 70.2 cm³/mol. The maximum atomic E-state index is 10.5. The SMILES string of the molecule is CC(CO)CSCc1ccc(CC(=O)O)cc1. The lowest BCUT2D eigenvalue weighted by Gasteiger charge is -2.07. The minimum absolute atomic E-state index is 0.0783. The van der Waals surface area contributed by atoms with Crippen molar-refractivity contribution in [1.82, 2.24) is 0 Å². The Morgan fingerprint density at radius 2 is 1.88 bits per heavy atom. The van der Waals surface area contributed by atoms with Gasteiger partial charge < -0.3 is 10.2 Å². The fourth-order valence-corrected chi connectivity index (χ4v) is 2.41. The van der Waals surface area contributed by atoms with E-state index >= 15 is 0 Å². The van der Waals surface area contributed by atoms with Crippen LogP contribution in [0.4, 0.5) is 0 Å². The Hall–Kier alpha value is -1.00. The van der Waals surface area contributed by atoms with E-state index in [4.69, 9.17) is 10.2 Å². The molecule has 2 N–H and O–H groups in total. The number of rotatable bonds is 7. The molecule has 1 unspecified atom stereocenters. The van der Waals surface area contributed by atoms with E-state index in [1.165, 1.54) is 5.56 Å². The molecule has 0 saturated heterocycles. The van der Waals surface area contributed by atoms with Crippen LogP contribution in [0.5, 0.6) is 0 Å². The van der Waals surface area contributed by atoms with Gasteiger partial charge in [0, 0.05) is 12.4 Å². The lowest BCUT2D eigenvalue weighted by molar-refractivity contribution is -0.136. The first kappa shape index (κ1) is 14.1.